The van der Waals surface area contributed by atoms with Crippen LogP contribution < -0.4 is 5.32 Å². The summed E-state index contributed by atoms with van der Waals surface area (Å²) in [6.07, 6.45) is 2.19. The average molecular weight is 283 g/mol. The highest BCUT2D eigenvalue weighted by atomic mass is 32.2. The van der Waals surface area contributed by atoms with Crippen LogP contribution in [0.5, 0.6) is 0 Å². The van der Waals surface area contributed by atoms with E-state index in [4.69, 9.17) is 0 Å². The summed E-state index contributed by atoms with van der Waals surface area (Å²) in [6, 6.07) is 5.19. The van der Waals surface area contributed by atoms with Crippen molar-refractivity contribution in [1.29, 1.82) is 0 Å². The van der Waals surface area contributed by atoms with Crippen molar-refractivity contribution in [3.05, 3.63) is 24.4 Å². The van der Waals surface area contributed by atoms with E-state index in [2.05, 4.69) is 10.3 Å². The second-order valence-corrected chi connectivity index (χ2v) is 6.96. The summed E-state index contributed by atoms with van der Waals surface area (Å²) in [7, 11) is -1.15. The Hall–Kier alpha value is -1.47. The standard InChI is InChI=1S/C12H17N3O3S/c1-15(10-5-7-19(17,18)9-10)8-12(16)14-11-4-2-3-6-13-11/h2-4,6,10H,5,7-9H2,1H3,(H,13,14,16)/t10-/m0/s1. The van der Waals surface area contributed by atoms with Gasteiger partial charge in [0.25, 0.3) is 0 Å². The number of likely N-dealkylation sites (N-methyl/N-ethyl adjacent to an activating group) is 1. The molecule has 1 aliphatic heterocycles. The van der Waals surface area contributed by atoms with Crippen molar-refractivity contribution in [1.82, 2.24) is 9.88 Å². The highest BCUT2D eigenvalue weighted by Gasteiger charge is 2.31. The summed E-state index contributed by atoms with van der Waals surface area (Å²) in [5.41, 5.74) is 0. The second kappa shape index (κ2) is 5.66. The van der Waals surface area contributed by atoms with E-state index in [1.807, 2.05) is 0 Å². The lowest BCUT2D eigenvalue weighted by Crippen LogP contribution is -2.38. The number of pyridine rings is 1. The van der Waals surface area contributed by atoms with Crippen LogP contribution in [0, 0.1) is 0 Å². The molecule has 0 bridgehead atoms. The fourth-order valence-electron chi connectivity index (χ4n) is 2.10. The monoisotopic (exact) mass is 283 g/mol. The molecule has 19 heavy (non-hydrogen) atoms. The highest BCUT2D eigenvalue weighted by molar-refractivity contribution is 7.91. The minimum absolute atomic E-state index is 0.0699. The molecule has 1 atom stereocenters. The van der Waals surface area contributed by atoms with Gasteiger partial charge >= 0.3 is 0 Å². The van der Waals surface area contributed by atoms with Gasteiger partial charge in [0.2, 0.25) is 5.91 Å². The van der Waals surface area contributed by atoms with Gasteiger partial charge in [0.15, 0.2) is 9.84 Å². The maximum Gasteiger partial charge on any atom is 0.239 e. The summed E-state index contributed by atoms with van der Waals surface area (Å²) < 4.78 is 22.8. The molecule has 2 heterocycles. The minimum Gasteiger partial charge on any atom is -0.310 e. The number of amides is 1. The van der Waals surface area contributed by atoms with E-state index in [9.17, 15) is 13.2 Å². The first-order valence-corrected chi connectivity index (χ1v) is 7.90. The van der Waals surface area contributed by atoms with E-state index in [1.54, 1.807) is 36.3 Å². The molecule has 7 heteroatoms. The molecular weight excluding hydrogens is 266 g/mol. The molecule has 1 aliphatic rings. The predicted molar refractivity (Wildman–Crippen MR) is 72.6 cm³/mol. The molecule has 2 rings (SSSR count). The van der Waals surface area contributed by atoms with Gasteiger partial charge in [0.05, 0.1) is 18.1 Å². The number of carbonyl (C=O) groups is 1. The summed E-state index contributed by atoms with van der Waals surface area (Å²) in [5.74, 6) is 0.662. The lowest BCUT2D eigenvalue weighted by molar-refractivity contribution is -0.117. The third kappa shape index (κ3) is 4.00. The molecule has 1 aromatic rings. The van der Waals surface area contributed by atoms with Gasteiger partial charge in [-0.1, -0.05) is 6.07 Å². The van der Waals surface area contributed by atoms with Crippen molar-refractivity contribution in [2.75, 3.05) is 30.4 Å². The van der Waals surface area contributed by atoms with Crippen molar-refractivity contribution in [3.63, 3.8) is 0 Å². The molecule has 0 spiro atoms. The summed E-state index contributed by atoms with van der Waals surface area (Å²) in [6.45, 7) is 0.163. The van der Waals surface area contributed by atoms with E-state index in [0.29, 0.717) is 12.2 Å². The van der Waals surface area contributed by atoms with Crippen molar-refractivity contribution in [2.24, 2.45) is 0 Å². The molecular formula is C12H17N3O3S. The topological polar surface area (TPSA) is 79.4 Å². The predicted octanol–water partition coefficient (Wildman–Crippen LogP) is 0.139. The second-order valence-electron chi connectivity index (χ2n) is 4.74. The van der Waals surface area contributed by atoms with Crippen molar-refractivity contribution < 1.29 is 13.2 Å². The Morgan fingerprint density at radius 1 is 1.53 bits per heavy atom. The third-order valence-corrected chi connectivity index (χ3v) is 4.91. The SMILES string of the molecule is CN(CC(=O)Nc1ccccn1)[C@H]1CCS(=O)(=O)C1. The Morgan fingerprint density at radius 3 is 2.89 bits per heavy atom. The fraction of sp³-hybridized carbons (Fsp3) is 0.500. The van der Waals surface area contributed by atoms with Crippen LogP contribution >= 0.6 is 0 Å². The number of aromatic nitrogens is 1. The van der Waals surface area contributed by atoms with Gasteiger partial charge in [-0.3, -0.25) is 9.69 Å². The van der Waals surface area contributed by atoms with Crippen molar-refractivity contribution in [3.8, 4) is 0 Å². The maximum atomic E-state index is 11.8. The number of anilines is 1. The summed E-state index contributed by atoms with van der Waals surface area (Å²) in [4.78, 5) is 17.6. The quantitative estimate of drug-likeness (QED) is 0.850. The largest absolute Gasteiger partial charge is 0.310 e. The smallest absolute Gasteiger partial charge is 0.239 e. The number of hydrogen-bond donors (Lipinski definition) is 1. The first-order valence-electron chi connectivity index (χ1n) is 6.08. The molecule has 104 valence electrons. The third-order valence-electron chi connectivity index (χ3n) is 3.16. The van der Waals surface area contributed by atoms with Gasteiger partial charge in [0, 0.05) is 12.2 Å². The Morgan fingerprint density at radius 2 is 2.32 bits per heavy atom. The van der Waals surface area contributed by atoms with E-state index in [0.717, 1.165) is 0 Å². The summed E-state index contributed by atoms with van der Waals surface area (Å²) >= 11 is 0. The van der Waals surface area contributed by atoms with Crippen LogP contribution in [0.1, 0.15) is 6.42 Å². The lowest BCUT2D eigenvalue weighted by Gasteiger charge is -2.22. The van der Waals surface area contributed by atoms with Crippen LogP contribution in [-0.2, 0) is 14.6 Å². The molecule has 0 unspecified atom stereocenters. The zero-order valence-corrected chi connectivity index (χ0v) is 11.6. The normalized spacial score (nSPS) is 21.5. The van der Waals surface area contributed by atoms with Gasteiger partial charge < -0.3 is 5.32 Å². The highest BCUT2D eigenvalue weighted by Crippen LogP contribution is 2.16. The van der Waals surface area contributed by atoms with Crippen LogP contribution in [0.2, 0.25) is 0 Å². The van der Waals surface area contributed by atoms with Crippen LogP contribution in [0.3, 0.4) is 0 Å². The lowest BCUT2D eigenvalue weighted by atomic mass is 10.2. The van der Waals surface area contributed by atoms with E-state index in [1.165, 1.54) is 0 Å². The number of rotatable bonds is 4. The molecule has 0 radical (unpaired) electrons. The first-order chi connectivity index (χ1) is 8.96. The molecule has 0 aliphatic carbocycles. The minimum atomic E-state index is -2.92. The van der Waals surface area contributed by atoms with E-state index >= 15 is 0 Å². The zero-order chi connectivity index (χ0) is 13.9. The van der Waals surface area contributed by atoms with E-state index < -0.39 is 9.84 Å². The number of nitrogens with zero attached hydrogens (tertiary/aromatic N) is 2. The van der Waals surface area contributed by atoms with Crippen LogP contribution in [0.25, 0.3) is 0 Å². The van der Waals surface area contributed by atoms with Gasteiger partial charge in [-0.05, 0) is 25.6 Å². The molecule has 6 nitrogen and oxygen atoms in total. The van der Waals surface area contributed by atoms with Crippen molar-refractivity contribution >= 4 is 21.6 Å². The Bertz CT molecular complexity index is 545. The number of hydrogen-bond acceptors (Lipinski definition) is 5. The molecule has 0 aromatic carbocycles. The van der Waals surface area contributed by atoms with Crippen molar-refractivity contribution in [2.45, 2.75) is 12.5 Å². The fourth-order valence-corrected chi connectivity index (χ4v) is 3.90. The average Bonchev–Trinajstić information content (AvgIpc) is 2.71. The molecule has 1 amide bonds. The molecule has 1 fully saturated rings. The number of carbonyl (C=O) groups excluding carboxylic acids is 1. The Labute approximate surface area is 112 Å². The Balaban J connectivity index is 1.86. The molecule has 1 saturated heterocycles. The van der Waals surface area contributed by atoms with Gasteiger partial charge in [-0.15, -0.1) is 0 Å². The van der Waals surface area contributed by atoms with Gasteiger partial charge in [-0.2, -0.15) is 0 Å². The molecule has 0 saturated carbocycles. The number of sulfone groups is 1. The molecule has 1 aromatic heterocycles. The zero-order valence-electron chi connectivity index (χ0n) is 10.7. The maximum absolute atomic E-state index is 11.8. The van der Waals surface area contributed by atoms with Gasteiger partial charge in [-0.25, -0.2) is 13.4 Å². The Kier molecular flexibility index (Phi) is 4.16. The van der Waals surface area contributed by atoms with Crippen LogP contribution in [0.4, 0.5) is 5.82 Å². The van der Waals surface area contributed by atoms with E-state index in [-0.39, 0.29) is 30.0 Å². The summed E-state index contributed by atoms with van der Waals surface area (Å²) in [5, 5.41) is 2.68. The van der Waals surface area contributed by atoms with Gasteiger partial charge in [0.1, 0.15) is 5.82 Å². The first kappa shape index (κ1) is 14.0. The van der Waals surface area contributed by atoms with Crippen LogP contribution in [-0.4, -0.2) is 55.3 Å². The number of nitrogens with one attached hydrogen (secondary N) is 1. The van der Waals surface area contributed by atoms with Crippen LogP contribution in [0.15, 0.2) is 24.4 Å². The molecule has 1 N–H and O–H groups in total.